The van der Waals surface area contributed by atoms with Gasteiger partial charge in [-0.05, 0) is 35.4 Å². The van der Waals surface area contributed by atoms with Gasteiger partial charge in [0.2, 0.25) is 0 Å². The van der Waals surface area contributed by atoms with Crippen molar-refractivity contribution in [2.45, 2.75) is 6.61 Å². The van der Waals surface area contributed by atoms with E-state index in [0.29, 0.717) is 13.2 Å². The summed E-state index contributed by atoms with van der Waals surface area (Å²) in [5, 5.41) is 0. The van der Waals surface area contributed by atoms with Crippen LogP contribution in [0.1, 0.15) is 11.1 Å². The number of ether oxygens (including phenoxy) is 1. The summed E-state index contributed by atoms with van der Waals surface area (Å²) in [6, 6.07) is 14.0. The molecule has 2 aromatic carbocycles. The molecule has 19 heavy (non-hydrogen) atoms. The Labute approximate surface area is 112 Å². The van der Waals surface area contributed by atoms with Gasteiger partial charge in [0, 0.05) is 6.54 Å². The molecule has 0 radical (unpaired) electrons. The van der Waals surface area contributed by atoms with Crippen LogP contribution in [0, 0.1) is 5.82 Å². The molecule has 0 spiro atoms. The lowest BCUT2D eigenvalue weighted by Crippen LogP contribution is -1.95. The molecule has 2 N–H and O–H groups in total. The quantitative estimate of drug-likeness (QED) is 0.891. The normalized spacial score (nSPS) is 10.8. The molecule has 0 aromatic heterocycles. The zero-order valence-corrected chi connectivity index (χ0v) is 10.6. The molecule has 0 bridgehead atoms. The number of rotatable bonds is 5. The smallest absolute Gasteiger partial charge is 0.123 e. The molecule has 0 aliphatic carbocycles. The second kappa shape index (κ2) is 6.71. The molecule has 3 heteroatoms. The number of halogens is 1. The second-order valence-electron chi connectivity index (χ2n) is 4.12. The molecule has 0 aliphatic heterocycles. The van der Waals surface area contributed by atoms with Crippen molar-refractivity contribution in [3.8, 4) is 5.75 Å². The Morgan fingerprint density at radius 1 is 1.00 bits per heavy atom. The maximum absolute atomic E-state index is 12.7. The lowest BCUT2D eigenvalue weighted by atomic mass is 10.2. The van der Waals surface area contributed by atoms with Crippen LogP contribution in [-0.2, 0) is 6.61 Å². The first-order valence-corrected chi connectivity index (χ1v) is 6.12. The van der Waals surface area contributed by atoms with Crippen molar-refractivity contribution in [2.75, 3.05) is 6.54 Å². The number of hydrogen-bond donors (Lipinski definition) is 1. The summed E-state index contributed by atoms with van der Waals surface area (Å²) in [5.41, 5.74) is 7.41. The van der Waals surface area contributed by atoms with Gasteiger partial charge in [0.15, 0.2) is 0 Å². The minimum atomic E-state index is -0.236. The summed E-state index contributed by atoms with van der Waals surface area (Å²) >= 11 is 0. The van der Waals surface area contributed by atoms with Crippen LogP contribution >= 0.6 is 0 Å². The van der Waals surface area contributed by atoms with Crippen molar-refractivity contribution in [3.63, 3.8) is 0 Å². The summed E-state index contributed by atoms with van der Waals surface area (Å²) in [6.07, 6.45) is 3.86. The fraction of sp³-hybridized carbons (Fsp3) is 0.125. The average Bonchev–Trinajstić information content (AvgIpc) is 2.46. The van der Waals surface area contributed by atoms with Gasteiger partial charge in [-0.15, -0.1) is 0 Å². The van der Waals surface area contributed by atoms with E-state index in [1.54, 1.807) is 12.1 Å². The highest BCUT2D eigenvalue weighted by molar-refractivity contribution is 5.50. The maximum Gasteiger partial charge on any atom is 0.123 e. The molecule has 0 aliphatic rings. The Kier molecular flexibility index (Phi) is 4.70. The zero-order chi connectivity index (χ0) is 13.5. The van der Waals surface area contributed by atoms with Gasteiger partial charge in [-0.25, -0.2) is 4.39 Å². The molecular weight excluding hydrogens is 241 g/mol. The third kappa shape index (κ3) is 4.23. The Morgan fingerprint density at radius 2 is 1.68 bits per heavy atom. The van der Waals surface area contributed by atoms with Crippen molar-refractivity contribution >= 4 is 6.08 Å². The molecular formula is C16H16FNO. The second-order valence-corrected chi connectivity index (χ2v) is 4.12. The van der Waals surface area contributed by atoms with E-state index < -0.39 is 0 Å². The van der Waals surface area contributed by atoms with E-state index in [9.17, 15) is 4.39 Å². The van der Waals surface area contributed by atoms with Gasteiger partial charge >= 0.3 is 0 Å². The predicted molar refractivity (Wildman–Crippen MR) is 75.3 cm³/mol. The first-order chi connectivity index (χ1) is 9.28. The van der Waals surface area contributed by atoms with Crippen LogP contribution in [0.4, 0.5) is 4.39 Å². The number of nitrogens with two attached hydrogens (primary N) is 1. The van der Waals surface area contributed by atoms with Crippen LogP contribution in [0.2, 0.25) is 0 Å². The van der Waals surface area contributed by atoms with E-state index in [1.165, 1.54) is 12.1 Å². The van der Waals surface area contributed by atoms with Crippen LogP contribution in [0.15, 0.2) is 54.6 Å². The van der Waals surface area contributed by atoms with Gasteiger partial charge in [0.25, 0.3) is 0 Å². The molecule has 0 saturated heterocycles. The van der Waals surface area contributed by atoms with Gasteiger partial charge in [0.05, 0.1) is 0 Å². The van der Waals surface area contributed by atoms with Gasteiger partial charge in [-0.1, -0.05) is 36.4 Å². The van der Waals surface area contributed by atoms with Gasteiger partial charge < -0.3 is 10.5 Å². The fourth-order valence-electron chi connectivity index (χ4n) is 1.63. The molecule has 0 unspecified atom stereocenters. The molecule has 2 aromatic rings. The minimum Gasteiger partial charge on any atom is -0.489 e. The van der Waals surface area contributed by atoms with Gasteiger partial charge in [-0.3, -0.25) is 0 Å². The topological polar surface area (TPSA) is 35.2 Å². The van der Waals surface area contributed by atoms with E-state index in [2.05, 4.69) is 0 Å². The summed E-state index contributed by atoms with van der Waals surface area (Å²) in [4.78, 5) is 0. The van der Waals surface area contributed by atoms with Crippen LogP contribution in [-0.4, -0.2) is 6.54 Å². The molecule has 0 fully saturated rings. The summed E-state index contributed by atoms with van der Waals surface area (Å²) in [6.45, 7) is 0.959. The van der Waals surface area contributed by atoms with Crippen LogP contribution in [0.5, 0.6) is 5.75 Å². The first kappa shape index (κ1) is 13.3. The number of hydrogen-bond acceptors (Lipinski definition) is 2. The SMILES string of the molecule is NCC=Cc1ccc(OCc2ccc(F)cc2)cc1. The molecule has 0 heterocycles. The van der Waals surface area contributed by atoms with Crippen LogP contribution in [0.3, 0.4) is 0 Å². The van der Waals surface area contributed by atoms with Crippen molar-refractivity contribution in [1.82, 2.24) is 0 Å². The molecule has 2 rings (SSSR count). The lowest BCUT2D eigenvalue weighted by molar-refractivity contribution is 0.306. The standard InChI is InChI=1S/C16H16FNO/c17-15-7-3-14(4-8-15)12-19-16-9-5-13(6-10-16)2-1-11-18/h1-10H,11-12,18H2. The average molecular weight is 257 g/mol. The molecule has 0 saturated carbocycles. The molecule has 0 atom stereocenters. The third-order valence-electron chi connectivity index (χ3n) is 2.65. The van der Waals surface area contributed by atoms with Gasteiger partial charge in [-0.2, -0.15) is 0 Å². The van der Waals surface area contributed by atoms with Crippen molar-refractivity contribution < 1.29 is 9.13 Å². The Morgan fingerprint density at radius 3 is 2.32 bits per heavy atom. The van der Waals surface area contributed by atoms with Gasteiger partial charge in [0.1, 0.15) is 18.2 Å². The van der Waals surface area contributed by atoms with Crippen LogP contribution in [0.25, 0.3) is 6.08 Å². The highest BCUT2D eigenvalue weighted by atomic mass is 19.1. The van der Waals surface area contributed by atoms with Crippen molar-refractivity contribution in [3.05, 3.63) is 71.6 Å². The van der Waals surface area contributed by atoms with E-state index in [0.717, 1.165) is 16.9 Å². The highest BCUT2D eigenvalue weighted by Crippen LogP contribution is 2.15. The van der Waals surface area contributed by atoms with Crippen molar-refractivity contribution in [1.29, 1.82) is 0 Å². The zero-order valence-electron chi connectivity index (χ0n) is 10.6. The summed E-state index contributed by atoms with van der Waals surface area (Å²) in [5.74, 6) is 0.550. The van der Waals surface area contributed by atoms with E-state index in [1.807, 2.05) is 36.4 Å². The van der Waals surface area contributed by atoms with E-state index in [4.69, 9.17) is 10.5 Å². The van der Waals surface area contributed by atoms with E-state index in [-0.39, 0.29) is 5.82 Å². The molecule has 98 valence electrons. The fourth-order valence-corrected chi connectivity index (χ4v) is 1.63. The number of benzene rings is 2. The third-order valence-corrected chi connectivity index (χ3v) is 2.65. The Bertz CT molecular complexity index is 532. The summed E-state index contributed by atoms with van der Waals surface area (Å²) < 4.78 is 18.4. The molecule has 0 amide bonds. The van der Waals surface area contributed by atoms with Crippen molar-refractivity contribution in [2.24, 2.45) is 5.73 Å². The van der Waals surface area contributed by atoms with E-state index >= 15 is 0 Å². The minimum absolute atomic E-state index is 0.236. The highest BCUT2D eigenvalue weighted by Gasteiger charge is 1.97. The largest absolute Gasteiger partial charge is 0.489 e. The summed E-state index contributed by atoms with van der Waals surface area (Å²) in [7, 11) is 0. The monoisotopic (exact) mass is 257 g/mol. The first-order valence-electron chi connectivity index (χ1n) is 6.12. The Hall–Kier alpha value is -2.13. The Balaban J connectivity index is 1.92. The van der Waals surface area contributed by atoms with Crippen LogP contribution < -0.4 is 10.5 Å². The maximum atomic E-state index is 12.7. The lowest BCUT2D eigenvalue weighted by Gasteiger charge is -2.06. The predicted octanol–water partition coefficient (Wildman–Crippen LogP) is 3.38. The molecule has 2 nitrogen and oxygen atoms in total.